The van der Waals surface area contributed by atoms with Crippen LogP contribution >= 0.6 is 0 Å². The molecule has 0 aliphatic heterocycles. The third-order valence-electron chi connectivity index (χ3n) is 2.95. The minimum absolute atomic E-state index is 0.0609. The van der Waals surface area contributed by atoms with E-state index in [1.807, 2.05) is 25.1 Å². The highest BCUT2D eigenvalue weighted by Crippen LogP contribution is 2.15. The maximum atomic E-state index is 12.1. The summed E-state index contributed by atoms with van der Waals surface area (Å²) in [5, 5.41) is 8.60. The van der Waals surface area contributed by atoms with Crippen molar-refractivity contribution in [3.05, 3.63) is 65.2 Å². The molecule has 0 aliphatic rings. The van der Waals surface area contributed by atoms with E-state index < -0.39 is 10.0 Å². The fourth-order valence-electron chi connectivity index (χ4n) is 2.02. The van der Waals surface area contributed by atoms with Gasteiger partial charge in [0.1, 0.15) is 0 Å². The van der Waals surface area contributed by atoms with Crippen LogP contribution in [0.2, 0.25) is 0 Å². The largest absolute Gasteiger partial charge is 0.283 e. The summed E-state index contributed by atoms with van der Waals surface area (Å²) < 4.78 is 26.8. The number of hydrogen-bond donors (Lipinski definition) is 1. The second-order valence-electron chi connectivity index (χ2n) is 4.88. The number of sulfonamides is 1. The molecule has 0 spiro atoms. The number of hydrogen-bond acceptors (Lipinski definition) is 3. The molecule has 0 fully saturated rings. The molecule has 0 heterocycles. The minimum Gasteiger partial charge on any atom is -0.283 e. The van der Waals surface area contributed by atoms with Gasteiger partial charge >= 0.3 is 0 Å². The highest BCUT2D eigenvalue weighted by atomic mass is 32.2. The third kappa shape index (κ3) is 4.62. The quantitative estimate of drug-likeness (QED) is 0.922. The van der Waals surface area contributed by atoms with Gasteiger partial charge in [0.25, 0.3) is 0 Å². The van der Waals surface area contributed by atoms with Crippen LogP contribution in [0.3, 0.4) is 0 Å². The van der Waals surface area contributed by atoms with Crippen LogP contribution in [-0.2, 0) is 22.2 Å². The lowest BCUT2D eigenvalue weighted by molar-refractivity contribution is 0.600. The fraction of sp³-hybridized carbons (Fsp3) is 0.188. The zero-order valence-corrected chi connectivity index (χ0v) is 12.5. The molecule has 108 valence electrons. The molecule has 0 saturated carbocycles. The van der Waals surface area contributed by atoms with Gasteiger partial charge in [0, 0.05) is 5.69 Å². The molecule has 0 saturated heterocycles. The van der Waals surface area contributed by atoms with E-state index in [0.29, 0.717) is 12.1 Å². The first-order valence-electron chi connectivity index (χ1n) is 6.50. The van der Waals surface area contributed by atoms with E-state index in [4.69, 9.17) is 5.26 Å². The summed E-state index contributed by atoms with van der Waals surface area (Å²) >= 11 is 0. The topological polar surface area (TPSA) is 70.0 Å². The molecule has 0 radical (unpaired) electrons. The Morgan fingerprint density at radius 3 is 2.43 bits per heavy atom. The van der Waals surface area contributed by atoms with Crippen molar-refractivity contribution in [2.24, 2.45) is 0 Å². The molecular weight excluding hydrogens is 284 g/mol. The van der Waals surface area contributed by atoms with Gasteiger partial charge in [-0.1, -0.05) is 42.0 Å². The molecule has 0 atom stereocenters. The number of nitrogens with one attached hydrogen (secondary N) is 1. The Morgan fingerprint density at radius 2 is 1.81 bits per heavy atom. The van der Waals surface area contributed by atoms with Crippen molar-refractivity contribution in [2.45, 2.75) is 19.1 Å². The van der Waals surface area contributed by atoms with E-state index in [0.717, 1.165) is 16.7 Å². The monoisotopic (exact) mass is 300 g/mol. The Labute approximate surface area is 125 Å². The molecule has 2 aromatic carbocycles. The molecule has 0 aromatic heterocycles. The first-order chi connectivity index (χ1) is 9.98. The van der Waals surface area contributed by atoms with Gasteiger partial charge in [-0.3, -0.25) is 4.72 Å². The highest BCUT2D eigenvalue weighted by Gasteiger charge is 2.11. The zero-order valence-electron chi connectivity index (χ0n) is 11.7. The smallest absolute Gasteiger partial charge is 0.236 e. The van der Waals surface area contributed by atoms with Gasteiger partial charge in [0.15, 0.2) is 0 Å². The van der Waals surface area contributed by atoms with Gasteiger partial charge in [0.2, 0.25) is 10.0 Å². The summed E-state index contributed by atoms with van der Waals surface area (Å²) in [6, 6.07) is 16.3. The average molecular weight is 300 g/mol. The van der Waals surface area contributed by atoms with Crippen molar-refractivity contribution in [1.82, 2.24) is 0 Å². The molecule has 21 heavy (non-hydrogen) atoms. The second kappa shape index (κ2) is 6.42. The number of aryl methyl sites for hydroxylation is 1. The predicted octanol–water partition coefficient (Wildman–Crippen LogP) is 3.00. The predicted molar refractivity (Wildman–Crippen MR) is 83.2 cm³/mol. The summed E-state index contributed by atoms with van der Waals surface area (Å²) in [7, 11) is -3.44. The van der Waals surface area contributed by atoms with Gasteiger partial charge in [-0.05, 0) is 30.2 Å². The molecule has 0 unspecified atom stereocenters. The number of rotatable bonds is 5. The SMILES string of the molecule is Cc1cccc(CS(=O)(=O)Nc2ccc(CC#N)cc2)c1. The van der Waals surface area contributed by atoms with Gasteiger partial charge in [0.05, 0.1) is 18.2 Å². The van der Waals surface area contributed by atoms with Gasteiger partial charge in [-0.25, -0.2) is 8.42 Å². The molecule has 2 aromatic rings. The van der Waals surface area contributed by atoms with Crippen LogP contribution in [0.25, 0.3) is 0 Å². The van der Waals surface area contributed by atoms with Crippen molar-refractivity contribution in [1.29, 1.82) is 5.26 Å². The Balaban J connectivity index is 2.08. The fourth-order valence-corrected chi connectivity index (χ4v) is 3.20. The van der Waals surface area contributed by atoms with E-state index in [9.17, 15) is 8.42 Å². The lowest BCUT2D eigenvalue weighted by Crippen LogP contribution is -2.15. The maximum absolute atomic E-state index is 12.1. The molecule has 0 amide bonds. The molecule has 2 rings (SSSR count). The summed E-state index contributed by atoms with van der Waals surface area (Å²) in [5.74, 6) is -0.0609. The van der Waals surface area contributed by atoms with Crippen LogP contribution in [0.15, 0.2) is 48.5 Å². The van der Waals surface area contributed by atoms with Crippen molar-refractivity contribution in [3.8, 4) is 6.07 Å². The van der Waals surface area contributed by atoms with Gasteiger partial charge in [-0.15, -0.1) is 0 Å². The molecule has 0 bridgehead atoms. The Hall–Kier alpha value is -2.32. The number of benzene rings is 2. The minimum atomic E-state index is -3.44. The molecule has 4 nitrogen and oxygen atoms in total. The van der Waals surface area contributed by atoms with E-state index in [-0.39, 0.29) is 5.75 Å². The summed E-state index contributed by atoms with van der Waals surface area (Å²) in [5.41, 5.74) is 3.15. The second-order valence-corrected chi connectivity index (χ2v) is 6.60. The van der Waals surface area contributed by atoms with Gasteiger partial charge in [-0.2, -0.15) is 5.26 Å². The summed E-state index contributed by atoms with van der Waals surface area (Å²) in [6.45, 7) is 1.93. The number of anilines is 1. The molecular formula is C16H16N2O2S. The first-order valence-corrected chi connectivity index (χ1v) is 8.16. The van der Waals surface area contributed by atoms with Crippen molar-refractivity contribution in [3.63, 3.8) is 0 Å². The lowest BCUT2D eigenvalue weighted by atomic mass is 10.1. The van der Waals surface area contributed by atoms with Crippen molar-refractivity contribution >= 4 is 15.7 Å². The average Bonchev–Trinajstić information content (AvgIpc) is 2.40. The zero-order chi connectivity index (χ0) is 15.3. The van der Waals surface area contributed by atoms with E-state index in [1.54, 1.807) is 30.3 Å². The standard InChI is InChI=1S/C16H16N2O2S/c1-13-3-2-4-15(11-13)12-21(19,20)18-16-7-5-14(6-8-16)9-10-17/h2-8,11,18H,9,12H2,1H3. The summed E-state index contributed by atoms with van der Waals surface area (Å²) in [6.07, 6.45) is 0.316. The normalized spacial score (nSPS) is 10.9. The van der Waals surface area contributed by atoms with Gasteiger partial charge < -0.3 is 0 Å². The van der Waals surface area contributed by atoms with E-state index >= 15 is 0 Å². The van der Waals surface area contributed by atoms with Crippen molar-refractivity contribution < 1.29 is 8.42 Å². The van der Waals surface area contributed by atoms with E-state index in [2.05, 4.69) is 10.8 Å². The maximum Gasteiger partial charge on any atom is 0.236 e. The van der Waals surface area contributed by atoms with Crippen LogP contribution in [0.4, 0.5) is 5.69 Å². The lowest BCUT2D eigenvalue weighted by Gasteiger charge is -2.09. The molecule has 5 heteroatoms. The van der Waals surface area contributed by atoms with Crippen LogP contribution in [0.1, 0.15) is 16.7 Å². The van der Waals surface area contributed by atoms with E-state index in [1.165, 1.54) is 0 Å². The number of nitriles is 1. The highest BCUT2D eigenvalue weighted by molar-refractivity contribution is 7.91. The Bertz CT molecular complexity index is 760. The first kappa shape index (κ1) is 15.1. The van der Waals surface area contributed by atoms with Crippen LogP contribution in [-0.4, -0.2) is 8.42 Å². The summed E-state index contributed by atoms with van der Waals surface area (Å²) in [4.78, 5) is 0. The Morgan fingerprint density at radius 1 is 1.10 bits per heavy atom. The number of nitrogens with zero attached hydrogens (tertiary/aromatic N) is 1. The molecule has 1 N–H and O–H groups in total. The van der Waals surface area contributed by atoms with Crippen molar-refractivity contribution in [2.75, 3.05) is 4.72 Å². The molecule has 0 aliphatic carbocycles. The Kier molecular flexibility index (Phi) is 4.61. The third-order valence-corrected chi connectivity index (χ3v) is 4.21. The van der Waals surface area contributed by atoms with Crippen LogP contribution in [0, 0.1) is 18.3 Å². The van der Waals surface area contributed by atoms with Crippen LogP contribution < -0.4 is 4.72 Å². The van der Waals surface area contributed by atoms with Crippen LogP contribution in [0.5, 0.6) is 0 Å².